The second kappa shape index (κ2) is 8.89. The van der Waals surface area contributed by atoms with E-state index < -0.39 is 0 Å². The third-order valence-electron chi connectivity index (χ3n) is 6.81. The lowest BCUT2D eigenvalue weighted by molar-refractivity contribution is 0.282. The number of hydrogen-bond acceptors (Lipinski definition) is 6. The van der Waals surface area contributed by atoms with Gasteiger partial charge in [0.1, 0.15) is 5.82 Å². The molecule has 4 aliphatic heterocycles. The smallest absolute Gasteiger partial charge is 0.102 e. The van der Waals surface area contributed by atoms with Gasteiger partial charge in [0, 0.05) is 75.4 Å². The Hall–Kier alpha value is -2.57. The van der Waals surface area contributed by atoms with Gasteiger partial charge in [0.15, 0.2) is 0 Å². The van der Waals surface area contributed by atoms with Gasteiger partial charge in [-0.25, -0.2) is 4.98 Å². The molecule has 0 bridgehead atoms. The largest absolute Gasteiger partial charge is 0.369 e. The SMILES string of the molecule is C1=C(c2cc(N3CC4CNC4C3)c3ccccc3n2)CNC(N2CCNCC2)=C1.CC. The maximum atomic E-state index is 5.02. The van der Waals surface area contributed by atoms with Crippen LogP contribution >= 0.6 is 0 Å². The first-order chi connectivity index (χ1) is 15.3. The highest BCUT2D eigenvalue weighted by molar-refractivity contribution is 5.94. The number of nitrogens with one attached hydrogen (secondary N) is 3. The summed E-state index contributed by atoms with van der Waals surface area (Å²) in [5.41, 5.74) is 4.77. The van der Waals surface area contributed by atoms with Crippen LogP contribution in [0.3, 0.4) is 0 Å². The third kappa shape index (κ3) is 3.90. The number of anilines is 1. The number of aromatic nitrogens is 1. The van der Waals surface area contributed by atoms with Crippen LogP contribution in [0.2, 0.25) is 0 Å². The van der Waals surface area contributed by atoms with E-state index in [1.54, 1.807) is 0 Å². The van der Waals surface area contributed by atoms with E-state index in [1.165, 1.54) is 22.5 Å². The predicted octanol–water partition coefficient (Wildman–Crippen LogP) is 2.40. The second-order valence-corrected chi connectivity index (χ2v) is 8.56. The van der Waals surface area contributed by atoms with Crippen molar-refractivity contribution in [3.8, 4) is 0 Å². The van der Waals surface area contributed by atoms with Crippen molar-refractivity contribution in [1.29, 1.82) is 0 Å². The fourth-order valence-electron chi connectivity index (χ4n) is 5.01. The molecule has 3 N–H and O–H groups in total. The molecule has 4 aliphatic rings. The van der Waals surface area contributed by atoms with Crippen LogP contribution in [0.4, 0.5) is 5.69 Å². The van der Waals surface area contributed by atoms with Crippen molar-refractivity contribution < 1.29 is 0 Å². The van der Waals surface area contributed by atoms with Gasteiger partial charge >= 0.3 is 0 Å². The summed E-state index contributed by atoms with van der Waals surface area (Å²) in [6, 6.07) is 11.5. The van der Waals surface area contributed by atoms with E-state index in [0.717, 1.165) is 69.5 Å². The third-order valence-corrected chi connectivity index (χ3v) is 6.81. The van der Waals surface area contributed by atoms with Gasteiger partial charge in [-0.3, -0.25) is 0 Å². The quantitative estimate of drug-likeness (QED) is 0.712. The number of rotatable bonds is 3. The number of nitrogens with zero attached hydrogens (tertiary/aromatic N) is 3. The highest BCUT2D eigenvalue weighted by Gasteiger charge is 2.39. The van der Waals surface area contributed by atoms with Gasteiger partial charge in [-0.15, -0.1) is 0 Å². The van der Waals surface area contributed by atoms with Crippen molar-refractivity contribution in [1.82, 2.24) is 25.8 Å². The molecule has 0 radical (unpaired) electrons. The van der Waals surface area contributed by atoms with Crippen molar-refractivity contribution in [2.75, 3.05) is 57.3 Å². The number of para-hydroxylation sites is 1. The fourth-order valence-corrected chi connectivity index (χ4v) is 5.01. The van der Waals surface area contributed by atoms with Gasteiger partial charge in [0.2, 0.25) is 0 Å². The second-order valence-electron chi connectivity index (χ2n) is 8.56. The molecular formula is C25H34N6. The van der Waals surface area contributed by atoms with Gasteiger partial charge in [-0.1, -0.05) is 38.1 Å². The number of allylic oxidation sites excluding steroid dienone is 2. The molecule has 0 aliphatic carbocycles. The normalized spacial score (nSPS) is 25.0. The van der Waals surface area contributed by atoms with E-state index in [-0.39, 0.29) is 0 Å². The first kappa shape index (κ1) is 20.3. The molecule has 164 valence electrons. The average Bonchev–Trinajstić information content (AvgIpc) is 3.14. The van der Waals surface area contributed by atoms with Gasteiger partial charge in [-0.2, -0.15) is 0 Å². The minimum Gasteiger partial charge on any atom is -0.369 e. The van der Waals surface area contributed by atoms with Crippen LogP contribution in [-0.4, -0.2) is 68.3 Å². The van der Waals surface area contributed by atoms with Crippen LogP contribution in [0.1, 0.15) is 19.5 Å². The standard InChI is InChI=1S/C23H28N6.C2H6/c1-2-4-19-18(3-1)22(29-14-17-13-25-21(17)15-29)11-20(27-19)16-5-6-23(26-12-16)28-9-7-24-8-10-28;1-2/h1-6,11,17,21,24-26H,7-10,12-15H2;1-2H3. The summed E-state index contributed by atoms with van der Waals surface area (Å²) < 4.78 is 0. The summed E-state index contributed by atoms with van der Waals surface area (Å²) in [7, 11) is 0. The molecule has 31 heavy (non-hydrogen) atoms. The molecule has 3 saturated heterocycles. The summed E-state index contributed by atoms with van der Waals surface area (Å²) in [6.45, 7) is 12.5. The summed E-state index contributed by atoms with van der Waals surface area (Å²) in [5, 5.41) is 11.9. The molecule has 5 heterocycles. The van der Waals surface area contributed by atoms with Gasteiger partial charge < -0.3 is 25.8 Å². The number of benzene rings is 1. The minimum atomic E-state index is 0.658. The topological polar surface area (TPSA) is 55.5 Å². The van der Waals surface area contributed by atoms with E-state index >= 15 is 0 Å². The van der Waals surface area contributed by atoms with E-state index in [9.17, 15) is 0 Å². The van der Waals surface area contributed by atoms with Crippen molar-refractivity contribution in [3.63, 3.8) is 0 Å². The zero-order chi connectivity index (χ0) is 21.2. The molecule has 2 aromatic rings. The number of piperazine rings is 1. The Morgan fingerprint density at radius 3 is 2.52 bits per heavy atom. The molecule has 6 nitrogen and oxygen atoms in total. The average molecular weight is 419 g/mol. The molecular weight excluding hydrogens is 384 g/mol. The van der Waals surface area contributed by atoms with Crippen molar-refractivity contribution in [3.05, 3.63) is 54.0 Å². The zero-order valence-electron chi connectivity index (χ0n) is 18.7. The number of dihydropyridines is 1. The van der Waals surface area contributed by atoms with Crippen LogP contribution in [-0.2, 0) is 0 Å². The van der Waals surface area contributed by atoms with Gasteiger partial charge in [-0.05, 0) is 23.8 Å². The molecule has 1 aromatic carbocycles. The fraction of sp³-hybridized carbons (Fsp3) is 0.480. The lowest BCUT2D eigenvalue weighted by Gasteiger charge is -2.33. The monoisotopic (exact) mass is 418 g/mol. The number of hydrogen-bond donors (Lipinski definition) is 3. The molecule has 0 amide bonds. The van der Waals surface area contributed by atoms with E-state index in [0.29, 0.717) is 6.04 Å². The Bertz CT molecular complexity index is 979. The van der Waals surface area contributed by atoms with Crippen LogP contribution in [0.15, 0.2) is 48.3 Å². The van der Waals surface area contributed by atoms with Crippen LogP contribution in [0, 0.1) is 5.92 Å². The molecule has 2 unspecified atom stereocenters. The van der Waals surface area contributed by atoms with E-state index in [1.807, 2.05) is 13.8 Å². The van der Waals surface area contributed by atoms with Crippen LogP contribution < -0.4 is 20.9 Å². The lowest BCUT2D eigenvalue weighted by atomic mass is 9.96. The number of fused-ring (bicyclic) bond motifs is 2. The minimum absolute atomic E-state index is 0.658. The summed E-state index contributed by atoms with van der Waals surface area (Å²) >= 11 is 0. The molecule has 3 fully saturated rings. The Morgan fingerprint density at radius 2 is 1.84 bits per heavy atom. The zero-order valence-corrected chi connectivity index (χ0v) is 18.7. The summed E-state index contributed by atoms with van der Waals surface area (Å²) in [4.78, 5) is 10.0. The summed E-state index contributed by atoms with van der Waals surface area (Å²) in [6.07, 6.45) is 4.48. The van der Waals surface area contributed by atoms with E-state index in [4.69, 9.17) is 4.98 Å². The number of pyridine rings is 1. The Kier molecular flexibility index (Phi) is 5.83. The van der Waals surface area contributed by atoms with E-state index in [2.05, 4.69) is 68.2 Å². The maximum Gasteiger partial charge on any atom is 0.102 e. The van der Waals surface area contributed by atoms with Gasteiger partial charge in [0.05, 0.1) is 11.2 Å². The van der Waals surface area contributed by atoms with Crippen molar-refractivity contribution >= 4 is 22.2 Å². The van der Waals surface area contributed by atoms with Crippen molar-refractivity contribution in [2.24, 2.45) is 5.92 Å². The molecule has 1 aromatic heterocycles. The molecule has 6 heteroatoms. The lowest BCUT2D eigenvalue weighted by Crippen LogP contribution is -2.51. The van der Waals surface area contributed by atoms with Crippen molar-refractivity contribution in [2.45, 2.75) is 19.9 Å². The molecule has 0 saturated carbocycles. The molecule has 2 atom stereocenters. The Morgan fingerprint density at radius 1 is 1.00 bits per heavy atom. The highest BCUT2D eigenvalue weighted by atomic mass is 15.3. The Balaban J connectivity index is 0.000000994. The summed E-state index contributed by atoms with van der Waals surface area (Å²) in [5.74, 6) is 2.03. The van der Waals surface area contributed by atoms with Crippen LogP contribution in [0.5, 0.6) is 0 Å². The molecule has 6 rings (SSSR count). The first-order valence-corrected chi connectivity index (χ1v) is 11.8. The maximum absolute atomic E-state index is 5.02. The first-order valence-electron chi connectivity index (χ1n) is 11.8. The highest BCUT2D eigenvalue weighted by Crippen LogP contribution is 2.34. The van der Waals surface area contributed by atoms with Gasteiger partial charge in [0.25, 0.3) is 0 Å². The predicted molar refractivity (Wildman–Crippen MR) is 129 cm³/mol. The van der Waals surface area contributed by atoms with Crippen LogP contribution in [0.25, 0.3) is 16.5 Å². The Labute approximate surface area is 185 Å². The molecule has 0 spiro atoms.